The van der Waals surface area contributed by atoms with Crippen LogP contribution in [0.2, 0.25) is 0 Å². The summed E-state index contributed by atoms with van der Waals surface area (Å²) in [5, 5.41) is 29.0. The number of aryl methyl sites for hydroxylation is 1. The van der Waals surface area contributed by atoms with Gasteiger partial charge in [0, 0.05) is 76.8 Å². The molecule has 0 bridgehead atoms. The normalized spacial score (nSPS) is 13.0. The number of benzene rings is 3. The van der Waals surface area contributed by atoms with Crippen LogP contribution in [0.5, 0.6) is 11.5 Å². The summed E-state index contributed by atoms with van der Waals surface area (Å²) in [5.74, 6) is 0.917. The van der Waals surface area contributed by atoms with Gasteiger partial charge in [-0.1, -0.05) is 80.9 Å². The Morgan fingerprint density at radius 3 is 2.11 bits per heavy atom. The molecule has 294 valence electrons. The third kappa shape index (κ3) is 11.7. The van der Waals surface area contributed by atoms with Crippen molar-refractivity contribution in [1.29, 1.82) is 0 Å². The first-order chi connectivity index (χ1) is 25.9. The van der Waals surface area contributed by atoms with Gasteiger partial charge in [0.15, 0.2) is 0 Å². The zero-order valence-corrected chi connectivity index (χ0v) is 34.7. The summed E-state index contributed by atoms with van der Waals surface area (Å²) in [4.78, 5) is 17.3. The lowest BCUT2D eigenvalue weighted by molar-refractivity contribution is 0.102. The maximum Gasteiger partial charge on any atom is 0.255 e. The van der Waals surface area contributed by atoms with Crippen molar-refractivity contribution in [3.8, 4) is 11.5 Å². The van der Waals surface area contributed by atoms with E-state index in [-0.39, 0.29) is 28.8 Å². The molecule has 8 heteroatoms. The van der Waals surface area contributed by atoms with E-state index in [1.54, 1.807) is 23.2 Å². The second kappa shape index (κ2) is 21.3. The first-order valence-electron chi connectivity index (χ1n) is 20.0. The number of rotatable bonds is 19. The maximum absolute atomic E-state index is 13.1. The minimum absolute atomic E-state index is 0.179. The number of carbonyl (C=O) groups excluding carboxylic acids is 1. The van der Waals surface area contributed by atoms with E-state index in [1.807, 2.05) is 32.1 Å². The molecule has 8 nitrogen and oxygen atoms in total. The quantitative estimate of drug-likeness (QED) is 0.0766. The first kappa shape index (κ1) is 43.7. The van der Waals surface area contributed by atoms with Gasteiger partial charge in [0.25, 0.3) is 5.91 Å². The predicted octanol–water partition coefficient (Wildman–Crippen LogP) is 12.0. The number of anilines is 4. The molecule has 0 aliphatic carbocycles. The van der Waals surface area contributed by atoms with Gasteiger partial charge in [-0.2, -0.15) is 0 Å². The van der Waals surface area contributed by atoms with Crippen molar-refractivity contribution in [2.75, 3.05) is 35.2 Å². The fraction of sp³-hybridized carbons (Fsp3) is 0.457. The standard InChI is InChI=1S/C44H61N5O3.C2H6/c1-10-22-47(23-20-30(5)11-2)28-32(7)29-49-34(9)33(8)39-25-37(18-19-40(39)49)45-36-16-14-35(15-17-36)44(52)46-38-26-41(50)43(42(51)27-38)48(13-4)24-21-31(6)12-3;1-2/h13-19,21,24-27,30-32,45,50-51H,4,10-12,20,22-23,28-29H2,1-3,5-9H3,(H,46,52);1-2H3/b24-21-;. The fourth-order valence-corrected chi connectivity index (χ4v) is 6.61. The summed E-state index contributed by atoms with van der Waals surface area (Å²) >= 11 is 0. The number of aromatic nitrogens is 1. The molecule has 1 heterocycles. The number of carbonyl (C=O) groups is 1. The van der Waals surface area contributed by atoms with Crippen LogP contribution in [0.4, 0.5) is 22.7 Å². The monoisotopic (exact) mass is 738 g/mol. The Morgan fingerprint density at radius 1 is 0.870 bits per heavy atom. The van der Waals surface area contributed by atoms with Crippen molar-refractivity contribution >= 4 is 39.6 Å². The van der Waals surface area contributed by atoms with Gasteiger partial charge in [0.05, 0.1) is 0 Å². The first-order valence-corrected chi connectivity index (χ1v) is 20.0. The Morgan fingerprint density at radius 2 is 1.52 bits per heavy atom. The van der Waals surface area contributed by atoms with Crippen LogP contribution < -0.4 is 15.5 Å². The average molecular weight is 738 g/mol. The summed E-state index contributed by atoms with van der Waals surface area (Å²) in [7, 11) is 0. The lowest BCUT2D eigenvalue weighted by atomic mass is 10.0. The molecule has 3 aromatic carbocycles. The lowest BCUT2D eigenvalue weighted by Gasteiger charge is -2.27. The number of phenolic OH excluding ortho intramolecular Hbond substituents is 2. The van der Waals surface area contributed by atoms with Crippen LogP contribution in [0.1, 0.15) is 103 Å². The summed E-state index contributed by atoms with van der Waals surface area (Å²) < 4.78 is 2.48. The molecule has 3 atom stereocenters. The minimum Gasteiger partial charge on any atom is -0.506 e. The summed E-state index contributed by atoms with van der Waals surface area (Å²) in [6.45, 7) is 30.1. The Labute approximate surface area is 325 Å². The molecule has 0 aliphatic rings. The van der Waals surface area contributed by atoms with Crippen molar-refractivity contribution in [3.63, 3.8) is 0 Å². The molecule has 0 spiro atoms. The topological polar surface area (TPSA) is 93.0 Å². The highest BCUT2D eigenvalue weighted by molar-refractivity contribution is 6.05. The molecule has 0 radical (unpaired) electrons. The van der Waals surface area contributed by atoms with Crippen molar-refractivity contribution in [2.24, 2.45) is 17.8 Å². The molecule has 0 aliphatic heterocycles. The Bertz CT molecular complexity index is 1800. The highest BCUT2D eigenvalue weighted by Crippen LogP contribution is 2.40. The molecule has 0 fully saturated rings. The lowest BCUT2D eigenvalue weighted by Crippen LogP contribution is -2.32. The Balaban J connectivity index is 0.00000385. The number of hydrogen-bond acceptors (Lipinski definition) is 6. The van der Waals surface area contributed by atoms with Gasteiger partial charge in [0.2, 0.25) is 0 Å². The van der Waals surface area contributed by atoms with Crippen molar-refractivity contribution in [2.45, 2.75) is 101 Å². The third-order valence-corrected chi connectivity index (χ3v) is 10.3. The maximum atomic E-state index is 13.1. The molecule has 0 saturated carbocycles. The fourth-order valence-electron chi connectivity index (χ4n) is 6.61. The van der Waals surface area contributed by atoms with Crippen molar-refractivity contribution in [3.05, 3.63) is 96.5 Å². The number of hydrogen-bond donors (Lipinski definition) is 4. The van der Waals surface area contributed by atoms with Gasteiger partial charge in [0.1, 0.15) is 17.2 Å². The molecule has 54 heavy (non-hydrogen) atoms. The van der Waals surface area contributed by atoms with Gasteiger partial charge in [-0.15, -0.1) is 0 Å². The van der Waals surface area contributed by atoms with Crippen LogP contribution in [0.3, 0.4) is 0 Å². The number of aromatic hydroxyl groups is 2. The third-order valence-electron chi connectivity index (χ3n) is 10.3. The van der Waals surface area contributed by atoms with E-state index < -0.39 is 0 Å². The van der Waals surface area contributed by atoms with E-state index in [0.29, 0.717) is 17.4 Å². The number of fused-ring (bicyclic) bond motifs is 1. The Kier molecular flexibility index (Phi) is 17.2. The van der Waals surface area contributed by atoms with Gasteiger partial charge in [-0.25, -0.2) is 0 Å². The van der Waals surface area contributed by atoms with Crippen LogP contribution in [-0.2, 0) is 6.54 Å². The molecule has 3 unspecified atom stereocenters. The van der Waals surface area contributed by atoms with E-state index in [0.717, 1.165) is 43.3 Å². The smallest absolute Gasteiger partial charge is 0.255 e. The van der Waals surface area contributed by atoms with E-state index in [1.165, 1.54) is 66.3 Å². The highest BCUT2D eigenvalue weighted by atomic mass is 16.3. The number of nitrogens with one attached hydrogen (secondary N) is 2. The zero-order chi connectivity index (χ0) is 39.9. The highest BCUT2D eigenvalue weighted by Gasteiger charge is 2.18. The van der Waals surface area contributed by atoms with E-state index >= 15 is 0 Å². The SMILES string of the molecule is C=CN(/C=C\C(C)CC)c1c(O)cc(NC(=O)c2ccc(Nc3ccc4c(c3)c(C)c(C)n4CC(C)CN(CCC)CCC(C)CC)cc2)cc1O.CC. The van der Waals surface area contributed by atoms with E-state index in [9.17, 15) is 15.0 Å². The average Bonchev–Trinajstić information content (AvgIpc) is 3.39. The number of amides is 1. The summed E-state index contributed by atoms with van der Waals surface area (Å²) in [6, 6.07) is 16.6. The number of nitrogens with zero attached hydrogens (tertiary/aromatic N) is 3. The molecular weight excluding hydrogens is 671 g/mol. The Hall–Kier alpha value is -4.69. The molecule has 1 aromatic heterocycles. The van der Waals surface area contributed by atoms with Crippen LogP contribution in [0.25, 0.3) is 10.9 Å². The van der Waals surface area contributed by atoms with Crippen molar-refractivity contribution < 1.29 is 15.0 Å². The van der Waals surface area contributed by atoms with Gasteiger partial charge in [-0.3, -0.25) is 4.79 Å². The van der Waals surface area contributed by atoms with Crippen LogP contribution >= 0.6 is 0 Å². The molecule has 4 rings (SSSR count). The molecule has 0 saturated heterocycles. The van der Waals surface area contributed by atoms with Crippen molar-refractivity contribution in [1.82, 2.24) is 9.47 Å². The summed E-state index contributed by atoms with van der Waals surface area (Å²) in [5.41, 5.74) is 6.63. The summed E-state index contributed by atoms with van der Waals surface area (Å²) in [6.07, 6.45) is 9.90. The second-order valence-electron chi connectivity index (χ2n) is 14.6. The minimum atomic E-state index is -0.355. The molecule has 4 aromatic rings. The molecule has 1 amide bonds. The number of allylic oxidation sites excluding steroid dienone is 1. The molecule has 4 N–H and O–H groups in total. The second-order valence-corrected chi connectivity index (χ2v) is 14.6. The van der Waals surface area contributed by atoms with E-state index in [4.69, 9.17) is 0 Å². The van der Waals surface area contributed by atoms with Gasteiger partial charge in [-0.05, 0) is 106 Å². The molecular formula is C46H67N5O3. The largest absolute Gasteiger partial charge is 0.506 e. The van der Waals surface area contributed by atoms with Gasteiger partial charge < -0.3 is 35.2 Å². The predicted molar refractivity (Wildman–Crippen MR) is 231 cm³/mol. The number of phenols is 2. The zero-order valence-electron chi connectivity index (χ0n) is 34.7. The van der Waals surface area contributed by atoms with Crippen LogP contribution in [-0.4, -0.2) is 45.2 Å². The van der Waals surface area contributed by atoms with E-state index in [2.05, 4.69) is 100 Å². The van der Waals surface area contributed by atoms with Crippen LogP contribution in [0.15, 0.2) is 79.7 Å². The van der Waals surface area contributed by atoms with Gasteiger partial charge >= 0.3 is 0 Å². The van der Waals surface area contributed by atoms with Crippen LogP contribution in [0, 0.1) is 31.6 Å².